The molecule has 4 aromatic heterocycles. The minimum absolute atomic E-state index is 0.131. The summed E-state index contributed by atoms with van der Waals surface area (Å²) in [5, 5.41) is 3.38. The van der Waals surface area contributed by atoms with E-state index in [-0.39, 0.29) is 5.56 Å². The lowest BCUT2D eigenvalue weighted by molar-refractivity contribution is 0.428. The zero-order valence-electron chi connectivity index (χ0n) is 20.0. The molecule has 1 fully saturated rings. The second-order valence-electron chi connectivity index (χ2n) is 7.48. The Bertz CT molecular complexity index is 1190. The normalized spacial score (nSPS) is 13.5. The summed E-state index contributed by atoms with van der Waals surface area (Å²) in [7, 11) is 0. The molecule has 0 aliphatic heterocycles. The Balaban J connectivity index is 0.000000728. The molecule has 4 heterocycles. The zero-order valence-corrected chi connectivity index (χ0v) is 20.0. The Morgan fingerprint density at radius 3 is 2.39 bits per heavy atom. The smallest absolute Gasteiger partial charge is 0.248 e. The van der Waals surface area contributed by atoms with Crippen LogP contribution >= 0.6 is 0 Å². The van der Waals surface area contributed by atoms with Crippen molar-refractivity contribution in [1.29, 1.82) is 0 Å². The minimum atomic E-state index is -0.131. The van der Waals surface area contributed by atoms with E-state index in [2.05, 4.69) is 25.3 Å². The van der Waals surface area contributed by atoms with E-state index in [4.69, 9.17) is 0 Å². The fourth-order valence-corrected chi connectivity index (χ4v) is 4.08. The predicted molar refractivity (Wildman–Crippen MR) is 135 cm³/mol. The molecule has 2 N–H and O–H groups in total. The number of hydrogen-bond acceptors (Lipinski definition) is 5. The number of nitrogens with zero attached hydrogens (tertiary/aromatic N) is 4. The van der Waals surface area contributed by atoms with E-state index in [1.54, 1.807) is 18.5 Å². The standard InChI is InChI=1S/C22H22N6O.2C2H6/c29-20-12-16(8-9-23-20)19-7-6-18(22-24-10-11-28(19)22)27-17-13-25-21(26-14-17)15-4-2-1-3-5-15;2*1-2/h6-15,27H,1-5H2,(H,23,29);2*1-2H3. The van der Waals surface area contributed by atoms with Gasteiger partial charge in [-0.1, -0.05) is 47.0 Å². The van der Waals surface area contributed by atoms with Gasteiger partial charge in [-0.05, 0) is 31.0 Å². The van der Waals surface area contributed by atoms with E-state index >= 15 is 0 Å². The molecule has 0 aromatic carbocycles. The summed E-state index contributed by atoms with van der Waals surface area (Å²) in [4.78, 5) is 28.0. The molecule has 1 aliphatic carbocycles. The van der Waals surface area contributed by atoms with Gasteiger partial charge in [-0.15, -0.1) is 0 Å². The molecule has 0 bridgehead atoms. The SMILES string of the molecule is CC.CC.O=c1cc(-c2ccc(Nc3cnc(C4CCCCC4)nc3)c3nccn23)cc[nH]1. The molecule has 1 aliphatic rings. The van der Waals surface area contributed by atoms with Crippen LogP contribution in [0.2, 0.25) is 0 Å². The molecule has 4 aromatic rings. The Kier molecular flexibility index (Phi) is 8.75. The third kappa shape index (κ3) is 5.66. The summed E-state index contributed by atoms with van der Waals surface area (Å²) in [5.41, 5.74) is 4.07. The molecule has 0 atom stereocenters. The Hall–Kier alpha value is -3.48. The molecule has 5 rings (SSSR count). The van der Waals surface area contributed by atoms with Gasteiger partial charge in [0.2, 0.25) is 5.56 Å². The number of anilines is 2. The van der Waals surface area contributed by atoms with Gasteiger partial charge in [0.25, 0.3) is 0 Å². The molecule has 1 saturated carbocycles. The van der Waals surface area contributed by atoms with Crippen LogP contribution in [0.4, 0.5) is 11.4 Å². The average molecular weight is 447 g/mol. The van der Waals surface area contributed by atoms with Crippen LogP contribution in [0.25, 0.3) is 16.9 Å². The van der Waals surface area contributed by atoms with Crippen LogP contribution in [0.1, 0.15) is 71.5 Å². The van der Waals surface area contributed by atoms with E-state index in [0.29, 0.717) is 5.92 Å². The van der Waals surface area contributed by atoms with Crippen LogP contribution in [0.15, 0.2) is 60.0 Å². The van der Waals surface area contributed by atoms with Gasteiger partial charge >= 0.3 is 0 Å². The number of aromatic nitrogens is 5. The van der Waals surface area contributed by atoms with Crippen LogP contribution in [0.3, 0.4) is 0 Å². The maximum absolute atomic E-state index is 11.7. The molecule has 0 saturated heterocycles. The first kappa shape index (κ1) is 24.2. The van der Waals surface area contributed by atoms with Crippen LogP contribution in [0.5, 0.6) is 0 Å². The highest BCUT2D eigenvalue weighted by molar-refractivity contribution is 5.77. The van der Waals surface area contributed by atoms with Crippen molar-refractivity contribution in [2.24, 2.45) is 0 Å². The monoisotopic (exact) mass is 446 g/mol. The number of fused-ring (bicyclic) bond motifs is 1. The van der Waals surface area contributed by atoms with Crippen molar-refractivity contribution in [3.63, 3.8) is 0 Å². The molecule has 33 heavy (non-hydrogen) atoms. The lowest BCUT2D eigenvalue weighted by Crippen LogP contribution is -2.09. The third-order valence-electron chi connectivity index (χ3n) is 5.54. The highest BCUT2D eigenvalue weighted by Crippen LogP contribution is 2.31. The average Bonchev–Trinajstić information content (AvgIpc) is 3.38. The van der Waals surface area contributed by atoms with E-state index in [0.717, 1.165) is 34.1 Å². The Morgan fingerprint density at radius 1 is 0.970 bits per heavy atom. The van der Waals surface area contributed by atoms with Crippen molar-refractivity contribution in [3.8, 4) is 11.3 Å². The summed E-state index contributed by atoms with van der Waals surface area (Å²) < 4.78 is 1.97. The predicted octanol–water partition coefficient (Wildman–Crippen LogP) is 6.32. The molecule has 0 spiro atoms. The van der Waals surface area contributed by atoms with Crippen LogP contribution in [-0.4, -0.2) is 24.3 Å². The van der Waals surface area contributed by atoms with Gasteiger partial charge in [0.1, 0.15) is 5.82 Å². The van der Waals surface area contributed by atoms with Crippen LogP contribution < -0.4 is 10.9 Å². The maximum atomic E-state index is 11.7. The first-order valence-electron chi connectivity index (χ1n) is 12.0. The first-order valence-corrected chi connectivity index (χ1v) is 12.0. The number of rotatable bonds is 4. The van der Waals surface area contributed by atoms with Gasteiger partial charge in [0.15, 0.2) is 5.65 Å². The molecule has 7 heteroatoms. The number of nitrogens with one attached hydrogen (secondary N) is 2. The lowest BCUT2D eigenvalue weighted by atomic mass is 9.89. The maximum Gasteiger partial charge on any atom is 0.248 e. The van der Waals surface area contributed by atoms with Crippen molar-refractivity contribution in [2.75, 3.05) is 5.32 Å². The molecule has 0 unspecified atom stereocenters. The fraction of sp³-hybridized carbons (Fsp3) is 0.385. The van der Waals surface area contributed by atoms with Crippen molar-refractivity contribution in [1.82, 2.24) is 24.3 Å². The fourth-order valence-electron chi connectivity index (χ4n) is 4.08. The van der Waals surface area contributed by atoms with Crippen molar-refractivity contribution in [2.45, 2.75) is 65.7 Å². The van der Waals surface area contributed by atoms with Crippen LogP contribution in [0, 0.1) is 0 Å². The van der Waals surface area contributed by atoms with Gasteiger partial charge < -0.3 is 10.3 Å². The quantitative estimate of drug-likeness (QED) is 0.383. The summed E-state index contributed by atoms with van der Waals surface area (Å²) in [6.45, 7) is 8.00. The minimum Gasteiger partial charge on any atom is -0.350 e. The summed E-state index contributed by atoms with van der Waals surface area (Å²) in [6.07, 6.45) is 15.2. The van der Waals surface area contributed by atoms with Crippen molar-refractivity contribution < 1.29 is 0 Å². The number of hydrogen-bond donors (Lipinski definition) is 2. The summed E-state index contributed by atoms with van der Waals surface area (Å²) in [6, 6.07) is 7.40. The molecule has 174 valence electrons. The van der Waals surface area contributed by atoms with Gasteiger partial charge in [-0.2, -0.15) is 0 Å². The first-order chi connectivity index (χ1) is 16.3. The lowest BCUT2D eigenvalue weighted by Gasteiger charge is -2.20. The molecular formula is C26H34N6O. The third-order valence-corrected chi connectivity index (χ3v) is 5.54. The van der Waals surface area contributed by atoms with Crippen molar-refractivity contribution in [3.05, 3.63) is 71.4 Å². The second kappa shape index (κ2) is 11.9. The van der Waals surface area contributed by atoms with E-state index in [9.17, 15) is 4.79 Å². The van der Waals surface area contributed by atoms with Gasteiger partial charge in [0.05, 0.1) is 29.5 Å². The Morgan fingerprint density at radius 2 is 1.70 bits per heavy atom. The highest BCUT2D eigenvalue weighted by Gasteiger charge is 2.18. The number of pyridine rings is 2. The van der Waals surface area contributed by atoms with Gasteiger partial charge in [-0.25, -0.2) is 15.0 Å². The second-order valence-corrected chi connectivity index (χ2v) is 7.48. The number of H-pyrrole nitrogens is 1. The topological polar surface area (TPSA) is 88.0 Å². The van der Waals surface area contributed by atoms with Crippen LogP contribution in [-0.2, 0) is 0 Å². The number of aromatic amines is 1. The van der Waals surface area contributed by atoms with Gasteiger partial charge in [-0.3, -0.25) is 9.20 Å². The van der Waals surface area contributed by atoms with E-state index in [1.165, 1.54) is 32.1 Å². The molecule has 0 radical (unpaired) electrons. The largest absolute Gasteiger partial charge is 0.350 e. The molecular weight excluding hydrogens is 412 g/mol. The molecule has 0 amide bonds. The Labute approximate surface area is 195 Å². The van der Waals surface area contributed by atoms with E-state index in [1.807, 2.05) is 68.9 Å². The van der Waals surface area contributed by atoms with E-state index < -0.39 is 0 Å². The highest BCUT2D eigenvalue weighted by atomic mass is 16.1. The number of imidazole rings is 1. The zero-order chi connectivity index (χ0) is 23.6. The van der Waals surface area contributed by atoms with Crippen molar-refractivity contribution >= 4 is 17.0 Å². The summed E-state index contributed by atoms with van der Waals surface area (Å²) in [5.74, 6) is 1.44. The summed E-state index contributed by atoms with van der Waals surface area (Å²) >= 11 is 0. The molecule has 7 nitrogen and oxygen atoms in total. The van der Waals surface area contributed by atoms with Gasteiger partial charge in [0, 0.05) is 36.1 Å².